The topological polar surface area (TPSA) is 32.7 Å². The van der Waals surface area contributed by atoms with Crippen molar-refractivity contribution in [3.63, 3.8) is 0 Å². The summed E-state index contributed by atoms with van der Waals surface area (Å²) in [5, 5.41) is 10.5. The highest BCUT2D eigenvalue weighted by Gasteiger charge is 2.29. The molecule has 1 heterocycles. The first-order valence-corrected chi connectivity index (χ1v) is 6.53. The molecule has 1 fully saturated rings. The van der Waals surface area contributed by atoms with Crippen LogP contribution in [-0.2, 0) is 4.74 Å². The third kappa shape index (κ3) is 4.40. The second-order valence-corrected chi connectivity index (χ2v) is 5.30. The number of likely N-dealkylation sites (tertiary alicyclic amines) is 1. The molecule has 1 saturated heterocycles. The molecule has 0 aromatic rings. The highest BCUT2D eigenvalue weighted by Crippen LogP contribution is 2.27. The lowest BCUT2D eigenvalue weighted by Crippen LogP contribution is -2.34. The first kappa shape index (κ1) is 13.9. The molecule has 1 aliphatic heterocycles. The van der Waals surface area contributed by atoms with Crippen LogP contribution in [0.4, 0.5) is 0 Å². The largest absolute Gasteiger partial charge is 0.390 e. The van der Waals surface area contributed by atoms with Gasteiger partial charge in [-0.2, -0.15) is 0 Å². The van der Waals surface area contributed by atoms with Crippen molar-refractivity contribution in [3.8, 4) is 0 Å². The maximum atomic E-state index is 10.5. The molecule has 1 unspecified atom stereocenters. The van der Waals surface area contributed by atoms with E-state index in [4.69, 9.17) is 4.74 Å². The van der Waals surface area contributed by atoms with E-state index in [1.165, 1.54) is 0 Å². The van der Waals surface area contributed by atoms with Crippen LogP contribution in [0.2, 0.25) is 0 Å². The lowest BCUT2D eigenvalue weighted by atomic mass is 9.90. The third-order valence-electron chi connectivity index (χ3n) is 3.67. The Morgan fingerprint density at radius 3 is 2.69 bits per heavy atom. The fourth-order valence-electron chi connectivity index (χ4n) is 2.51. The maximum Gasteiger partial charge on any atom is 0.0661 e. The predicted octanol–water partition coefficient (Wildman–Crippen LogP) is 2.04. The summed E-state index contributed by atoms with van der Waals surface area (Å²) >= 11 is 0. The maximum absolute atomic E-state index is 10.5. The van der Waals surface area contributed by atoms with Gasteiger partial charge in [-0.3, -0.25) is 0 Å². The standard InChI is InChI=1S/C13H27NO2/c1-12(2)14-9-4-6-13(15,8-10-14)7-5-11-16-3/h12,15H,4-11H2,1-3H3. The molecular weight excluding hydrogens is 202 g/mol. The molecule has 0 amide bonds. The molecule has 1 aliphatic rings. The lowest BCUT2D eigenvalue weighted by Gasteiger charge is -2.28. The average Bonchev–Trinajstić information content (AvgIpc) is 2.41. The Morgan fingerprint density at radius 2 is 2.06 bits per heavy atom. The first-order valence-electron chi connectivity index (χ1n) is 6.53. The van der Waals surface area contributed by atoms with Crippen LogP contribution >= 0.6 is 0 Å². The van der Waals surface area contributed by atoms with Crippen molar-refractivity contribution >= 4 is 0 Å². The van der Waals surface area contributed by atoms with E-state index in [0.717, 1.165) is 51.8 Å². The molecule has 1 N–H and O–H groups in total. The number of hydrogen-bond donors (Lipinski definition) is 1. The zero-order valence-electron chi connectivity index (χ0n) is 11.0. The molecular formula is C13H27NO2. The summed E-state index contributed by atoms with van der Waals surface area (Å²) in [4.78, 5) is 2.47. The summed E-state index contributed by atoms with van der Waals surface area (Å²) < 4.78 is 5.05. The van der Waals surface area contributed by atoms with Crippen molar-refractivity contribution in [3.05, 3.63) is 0 Å². The number of hydrogen-bond acceptors (Lipinski definition) is 3. The fraction of sp³-hybridized carbons (Fsp3) is 1.00. The highest BCUT2D eigenvalue weighted by molar-refractivity contribution is 4.84. The Labute approximate surface area is 99.8 Å². The van der Waals surface area contributed by atoms with Crippen molar-refractivity contribution in [2.75, 3.05) is 26.8 Å². The summed E-state index contributed by atoms with van der Waals surface area (Å²) in [5.41, 5.74) is -0.442. The quantitative estimate of drug-likeness (QED) is 0.732. The van der Waals surface area contributed by atoms with Crippen LogP contribution in [0.25, 0.3) is 0 Å². The number of methoxy groups -OCH3 is 1. The summed E-state index contributed by atoms with van der Waals surface area (Å²) in [6.07, 6.45) is 4.82. The molecule has 0 aliphatic carbocycles. The van der Waals surface area contributed by atoms with Gasteiger partial charge in [0.05, 0.1) is 5.60 Å². The Bertz CT molecular complexity index is 196. The zero-order valence-corrected chi connectivity index (χ0v) is 11.0. The van der Waals surface area contributed by atoms with Gasteiger partial charge in [0, 0.05) is 26.3 Å². The van der Waals surface area contributed by atoms with Gasteiger partial charge in [0.15, 0.2) is 0 Å². The van der Waals surface area contributed by atoms with Gasteiger partial charge in [-0.05, 0) is 52.5 Å². The van der Waals surface area contributed by atoms with E-state index >= 15 is 0 Å². The zero-order chi connectivity index (χ0) is 12.0. The van der Waals surface area contributed by atoms with Crippen molar-refractivity contribution in [2.45, 2.75) is 57.6 Å². The molecule has 0 aromatic heterocycles. The minimum absolute atomic E-state index is 0.442. The predicted molar refractivity (Wildman–Crippen MR) is 66.6 cm³/mol. The number of aliphatic hydroxyl groups is 1. The Balaban J connectivity index is 2.38. The molecule has 3 heteroatoms. The van der Waals surface area contributed by atoms with Crippen molar-refractivity contribution in [1.29, 1.82) is 0 Å². The van der Waals surface area contributed by atoms with E-state index in [-0.39, 0.29) is 0 Å². The van der Waals surface area contributed by atoms with Gasteiger partial charge in [-0.1, -0.05) is 0 Å². The molecule has 1 rings (SSSR count). The summed E-state index contributed by atoms with van der Waals surface area (Å²) in [7, 11) is 1.72. The van der Waals surface area contributed by atoms with Crippen molar-refractivity contribution in [1.82, 2.24) is 4.90 Å². The number of nitrogens with zero attached hydrogens (tertiary/aromatic N) is 1. The number of rotatable bonds is 5. The molecule has 0 bridgehead atoms. The van der Waals surface area contributed by atoms with Gasteiger partial charge >= 0.3 is 0 Å². The third-order valence-corrected chi connectivity index (χ3v) is 3.67. The smallest absolute Gasteiger partial charge is 0.0661 e. The first-order chi connectivity index (χ1) is 7.57. The molecule has 16 heavy (non-hydrogen) atoms. The average molecular weight is 229 g/mol. The molecule has 0 radical (unpaired) electrons. The van der Waals surface area contributed by atoms with Crippen LogP contribution in [0.1, 0.15) is 46.0 Å². The van der Waals surface area contributed by atoms with Gasteiger partial charge in [0.1, 0.15) is 0 Å². The molecule has 0 saturated carbocycles. The van der Waals surface area contributed by atoms with Crippen LogP contribution in [-0.4, -0.2) is 48.5 Å². The van der Waals surface area contributed by atoms with Gasteiger partial charge in [0.25, 0.3) is 0 Å². The van der Waals surface area contributed by atoms with Crippen molar-refractivity contribution < 1.29 is 9.84 Å². The minimum atomic E-state index is -0.442. The van der Waals surface area contributed by atoms with Crippen LogP contribution in [0, 0.1) is 0 Å². The van der Waals surface area contributed by atoms with E-state index in [9.17, 15) is 5.11 Å². The van der Waals surface area contributed by atoms with Crippen LogP contribution in [0.5, 0.6) is 0 Å². The Morgan fingerprint density at radius 1 is 1.31 bits per heavy atom. The van der Waals surface area contributed by atoms with E-state index in [0.29, 0.717) is 6.04 Å². The second kappa shape index (κ2) is 6.58. The SMILES string of the molecule is COCCCC1(O)CCCN(C(C)C)CC1. The van der Waals surface area contributed by atoms with Gasteiger partial charge < -0.3 is 14.7 Å². The molecule has 0 spiro atoms. The molecule has 3 nitrogen and oxygen atoms in total. The van der Waals surface area contributed by atoms with Crippen LogP contribution in [0.3, 0.4) is 0 Å². The minimum Gasteiger partial charge on any atom is -0.390 e. The molecule has 0 aromatic carbocycles. The summed E-state index contributed by atoms with van der Waals surface area (Å²) in [6.45, 7) is 7.38. The van der Waals surface area contributed by atoms with E-state index in [1.54, 1.807) is 7.11 Å². The van der Waals surface area contributed by atoms with Gasteiger partial charge in [0.2, 0.25) is 0 Å². The lowest BCUT2D eigenvalue weighted by molar-refractivity contribution is 0.00850. The molecule has 96 valence electrons. The summed E-state index contributed by atoms with van der Waals surface area (Å²) in [6, 6.07) is 0.598. The fourth-order valence-corrected chi connectivity index (χ4v) is 2.51. The normalized spacial score (nSPS) is 28.3. The second-order valence-electron chi connectivity index (χ2n) is 5.30. The van der Waals surface area contributed by atoms with E-state index < -0.39 is 5.60 Å². The van der Waals surface area contributed by atoms with Crippen molar-refractivity contribution in [2.24, 2.45) is 0 Å². The Hall–Kier alpha value is -0.120. The monoisotopic (exact) mass is 229 g/mol. The van der Waals surface area contributed by atoms with E-state index in [2.05, 4.69) is 18.7 Å². The van der Waals surface area contributed by atoms with Gasteiger partial charge in [-0.15, -0.1) is 0 Å². The molecule has 1 atom stereocenters. The van der Waals surface area contributed by atoms with E-state index in [1.807, 2.05) is 0 Å². The van der Waals surface area contributed by atoms with Crippen LogP contribution in [0.15, 0.2) is 0 Å². The Kier molecular flexibility index (Phi) is 5.73. The number of ether oxygens (including phenoxy) is 1. The highest BCUT2D eigenvalue weighted by atomic mass is 16.5. The van der Waals surface area contributed by atoms with Crippen LogP contribution < -0.4 is 0 Å². The summed E-state index contributed by atoms with van der Waals surface area (Å²) in [5.74, 6) is 0. The van der Waals surface area contributed by atoms with Gasteiger partial charge in [-0.25, -0.2) is 0 Å².